The molecule has 0 spiro atoms. The lowest BCUT2D eigenvalue weighted by Crippen LogP contribution is -2.70. The van der Waals surface area contributed by atoms with Crippen LogP contribution in [0.5, 0.6) is 11.5 Å². The quantitative estimate of drug-likeness (QED) is 0.0589. The number of oxime groups is 1. The number of anilines is 2. The SMILES string of the molecule is CC1=C(C[n+]2ccc(NC(=O)c3ccc(O)c(O)c3Cl)cc2)[C@H](C)S[C@@H]2[C@H](NC(=O)/C(=N\OC(C)(C)C(=O)O)c3csc(N)n3)C(=O)N12. The largest absolute Gasteiger partial charge is 0.504 e. The average molecular weight is 717 g/mol. The lowest BCUT2D eigenvalue weighted by molar-refractivity contribution is -0.689. The van der Waals surface area contributed by atoms with Crippen molar-refractivity contribution >= 4 is 74.9 Å². The van der Waals surface area contributed by atoms with Gasteiger partial charge in [-0.25, -0.2) is 14.3 Å². The van der Waals surface area contributed by atoms with Gasteiger partial charge in [0.25, 0.3) is 17.7 Å². The van der Waals surface area contributed by atoms with E-state index >= 15 is 0 Å². The number of thioether (sulfide) groups is 1. The van der Waals surface area contributed by atoms with Gasteiger partial charge in [0.1, 0.15) is 17.1 Å². The van der Waals surface area contributed by atoms with Crippen LogP contribution < -0.4 is 20.9 Å². The highest BCUT2D eigenvalue weighted by atomic mass is 35.5. The second-order valence-corrected chi connectivity index (χ2v) is 14.1. The number of carbonyl (C=O) groups is 4. The van der Waals surface area contributed by atoms with E-state index in [0.717, 1.165) is 22.6 Å². The first-order valence-electron chi connectivity index (χ1n) is 14.3. The minimum atomic E-state index is -1.73. The third kappa shape index (κ3) is 6.74. The molecule has 0 aliphatic carbocycles. The molecule has 18 heteroatoms. The summed E-state index contributed by atoms with van der Waals surface area (Å²) in [5.41, 5.74) is 5.95. The van der Waals surface area contributed by atoms with E-state index in [4.69, 9.17) is 22.2 Å². The number of amides is 3. The molecule has 4 heterocycles. The number of nitrogens with zero attached hydrogens (tertiary/aromatic N) is 4. The molecule has 1 aromatic carbocycles. The van der Waals surface area contributed by atoms with Gasteiger partial charge in [0, 0.05) is 34.0 Å². The number of carboxylic acid groups (broad SMARTS) is 1. The number of nitrogens with one attached hydrogen (secondary N) is 2. The van der Waals surface area contributed by atoms with Gasteiger partial charge < -0.3 is 36.5 Å². The minimum Gasteiger partial charge on any atom is -0.504 e. The van der Waals surface area contributed by atoms with E-state index in [-0.39, 0.29) is 38.3 Å². The number of hydrogen-bond acceptors (Lipinski definition) is 12. The third-order valence-corrected chi connectivity index (χ3v) is 10.2. The van der Waals surface area contributed by atoms with E-state index in [2.05, 4.69) is 20.8 Å². The number of phenols is 2. The van der Waals surface area contributed by atoms with Crippen molar-refractivity contribution in [3.8, 4) is 11.5 Å². The predicted molar refractivity (Wildman–Crippen MR) is 178 cm³/mol. The maximum Gasteiger partial charge on any atom is 0.350 e. The summed E-state index contributed by atoms with van der Waals surface area (Å²) in [5, 5.41) is 38.9. The molecule has 3 atom stereocenters. The highest BCUT2D eigenvalue weighted by Crippen LogP contribution is 2.44. The molecule has 3 aromatic rings. The number of aromatic nitrogens is 2. The molecule has 1 fully saturated rings. The van der Waals surface area contributed by atoms with Crippen LogP contribution in [0.15, 0.2) is 58.5 Å². The average Bonchev–Trinajstić information content (AvgIpc) is 3.46. The lowest BCUT2D eigenvalue weighted by atomic mass is 10.0. The molecule has 3 amide bonds. The minimum absolute atomic E-state index is 0.00685. The molecule has 0 unspecified atom stereocenters. The summed E-state index contributed by atoms with van der Waals surface area (Å²) in [5.74, 6) is -3.98. The van der Waals surface area contributed by atoms with Gasteiger partial charge in [0.2, 0.25) is 5.60 Å². The summed E-state index contributed by atoms with van der Waals surface area (Å²) >= 11 is 8.56. The number of nitrogens with two attached hydrogens (primary N) is 1. The summed E-state index contributed by atoms with van der Waals surface area (Å²) in [6.45, 7) is 6.83. The molecule has 252 valence electrons. The number of allylic oxidation sites excluding steroid dienone is 1. The highest BCUT2D eigenvalue weighted by molar-refractivity contribution is 8.00. The van der Waals surface area contributed by atoms with E-state index in [1.807, 2.05) is 18.4 Å². The van der Waals surface area contributed by atoms with E-state index in [1.165, 1.54) is 43.1 Å². The monoisotopic (exact) mass is 716 g/mol. The second kappa shape index (κ2) is 13.3. The molecule has 15 nitrogen and oxygen atoms in total. The fraction of sp³-hybridized carbons (Fsp3) is 0.300. The smallest absolute Gasteiger partial charge is 0.350 e. The van der Waals surface area contributed by atoms with Crippen LogP contribution in [0.2, 0.25) is 5.02 Å². The van der Waals surface area contributed by atoms with Crippen molar-refractivity contribution in [2.45, 2.75) is 56.5 Å². The van der Waals surface area contributed by atoms with Crippen LogP contribution in [0.3, 0.4) is 0 Å². The first-order chi connectivity index (χ1) is 22.6. The molecular formula is C30H31ClN7O8S2+. The van der Waals surface area contributed by atoms with Crippen LogP contribution in [0, 0.1) is 0 Å². The van der Waals surface area contributed by atoms with Gasteiger partial charge in [0.15, 0.2) is 41.3 Å². The number of carbonyl (C=O) groups excluding carboxylic acids is 3. The second-order valence-electron chi connectivity index (χ2n) is 11.4. The molecule has 2 aliphatic rings. The zero-order valence-corrected chi connectivity index (χ0v) is 28.3. The zero-order valence-electron chi connectivity index (χ0n) is 25.9. The topological polar surface area (TPSA) is 221 Å². The highest BCUT2D eigenvalue weighted by Gasteiger charge is 2.53. The predicted octanol–water partition coefficient (Wildman–Crippen LogP) is 2.68. The summed E-state index contributed by atoms with van der Waals surface area (Å²) in [6, 6.07) is 4.96. The summed E-state index contributed by atoms with van der Waals surface area (Å²) in [4.78, 5) is 61.7. The zero-order chi connectivity index (χ0) is 35.1. The first-order valence-corrected chi connectivity index (χ1v) is 16.5. The van der Waals surface area contributed by atoms with Crippen LogP contribution in [-0.4, -0.2) is 76.9 Å². The summed E-state index contributed by atoms with van der Waals surface area (Å²) in [6.07, 6.45) is 3.52. The Labute approximate surface area is 287 Å². The maximum atomic E-state index is 13.4. The molecule has 48 heavy (non-hydrogen) atoms. The van der Waals surface area contributed by atoms with Crippen molar-refractivity contribution in [1.82, 2.24) is 15.2 Å². The Morgan fingerprint density at radius 1 is 1.21 bits per heavy atom. The number of fused-ring (bicyclic) bond motifs is 1. The van der Waals surface area contributed by atoms with Crippen LogP contribution >= 0.6 is 34.7 Å². The standard InChI is InChI=1S/C30H30ClN7O8S2/c1-13-17(11-37-9-7-15(8-10-37)33-24(41)16-5-6-19(39)23(40)20(16)31)14(2)48-27-22(26(43)38(13)27)35-25(42)21(18-12-47-29(32)34-18)36-46-30(3,4)28(44)45/h5-10,12,14,22,27H,11H2,1-4H3,(H6,32,34,35,36,39,40,41,42,44,45)/p+1/t14-,22+,27+/m0/s1. The fourth-order valence-corrected chi connectivity index (χ4v) is 7.20. The van der Waals surface area contributed by atoms with Crippen molar-refractivity contribution in [3.05, 3.63) is 69.6 Å². The Bertz CT molecular complexity index is 1880. The van der Waals surface area contributed by atoms with E-state index < -0.39 is 46.3 Å². The Morgan fingerprint density at radius 3 is 2.52 bits per heavy atom. The fourth-order valence-electron chi connectivity index (χ4n) is 4.86. The van der Waals surface area contributed by atoms with Gasteiger partial charge in [-0.05, 0) is 39.8 Å². The number of pyridine rings is 1. The Morgan fingerprint density at radius 2 is 1.90 bits per heavy atom. The number of rotatable bonds is 10. The number of hydrogen-bond donors (Lipinski definition) is 6. The van der Waals surface area contributed by atoms with Crippen LogP contribution in [0.25, 0.3) is 0 Å². The van der Waals surface area contributed by atoms with Gasteiger partial charge in [-0.15, -0.1) is 23.1 Å². The Kier molecular flexibility index (Phi) is 9.57. The molecule has 2 aliphatic heterocycles. The summed E-state index contributed by atoms with van der Waals surface area (Å²) in [7, 11) is 0. The van der Waals surface area contributed by atoms with Crippen molar-refractivity contribution in [2.24, 2.45) is 5.16 Å². The number of benzene rings is 1. The van der Waals surface area contributed by atoms with Gasteiger partial charge >= 0.3 is 5.97 Å². The van der Waals surface area contributed by atoms with Crippen molar-refractivity contribution < 1.29 is 43.9 Å². The van der Waals surface area contributed by atoms with E-state index in [0.29, 0.717) is 12.2 Å². The molecule has 5 rings (SSSR count). The Hall–Kier alpha value is -4.87. The molecular weight excluding hydrogens is 686 g/mol. The number of nitrogen functional groups attached to an aromatic ring is 1. The maximum absolute atomic E-state index is 13.4. The number of aromatic hydroxyl groups is 2. The van der Waals surface area contributed by atoms with Gasteiger partial charge in [0.05, 0.1) is 16.3 Å². The van der Waals surface area contributed by atoms with Crippen molar-refractivity contribution in [3.63, 3.8) is 0 Å². The molecule has 7 N–H and O–H groups in total. The number of thiazole rings is 1. The number of halogens is 1. The number of β-lactam (4-membered cyclic amide) rings is 1. The number of carboxylic acids is 1. The first kappa shape index (κ1) is 34.5. The third-order valence-electron chi connectivity index (χ3n) is 7.69. The van der Waals surface area contributed by atoms with Gasteiger partial charge in [-0.1, -0.05) is 16.8 Å². The van der Waals surface area contributed by atoms with E-state index in [9.17, 15) is 34.5 Å². The van der Waals surface area contributed by atoms with Gasteiger partial charge in [-0.3, -0.25) is 19.3 Å². The molecule has 0 bridgehead atoms. The molecule has 2 aromatic heterocycles. The van der Waals surface area contributed by atoms with Crippen molar-refractivity contribution in [1.29, 1.82) is 0 Å². The van der Waals surface area contributed by atoms with Gasteiger partial charge in [-0.2, -0.15) is 0 Å². The normalized spacial score (nSPS) is 19.4. The summed E-state index contributed by atoms with van der Waals surface area (Å²) < 4.78 is 1.88. The van der Waals surface area contributed by atoms with E-state index in [1.54, 1.807) is 29.4 Å². The van der Waals surface area contributed by atoms with Crippen LogP contribution in [0.4, 0.5) is 10.8 Å². The molecule has 0 radical (unpaired) electrons. The number of aliphatic carboxylic acids is 1. The molecule has 1 saturated heterocycles. The van der Waals surface area contributed by atoms with Crippen LogP contribution in [-0.2, 0) is 25.8 Å². The number of phenolic OH excluding ortho intramolecular Hbond substituents is 2. The van der Waals surface area contributed by atoms with Crippen LogP contribution in [0.1, 0.15) is 43.7 Å². The van der Waals surface area contributed by atoms with Crippen molar-refractivity contribution in [2.75, 3.05) is 11.1 Å². The molecule has 0 saturated carbocycles. The Balaban J connectivity index is 1.26. The lowest BCUT2D eigenvalue weighted by Gasteiger charge is -2.51.